The van der Waals surface area contributed by atoms with E-state index in [4.69, 9.17) is 5.73 Å². The summed E-state index contributed by atoms with van der Waals surface area (Å²) in [6.45, 7) is 0. The van der Waals surface area contributed by atoms with E-state index in [0.29, 0.717) is 17.6 Å². The molecule has 0 heterocycles. The van der Waals surface area contributed by atoms with Crippen LogP contribution < -0.4 is 5.73 Å². The first-order valence-corrected chi connectivity index (χ1v) is 3.90. The summed E-state index contributed by atoms with van der Waals surface area (Å²) in [5, 5.41) is 0. The van der Waals surface area contributed by atoms with Crippen molar-refractivity contribution in [2.24, 2.45) is 0 Å². The van der Waals surface area contributed by atoms with Crippen LogP contribution >= 0.6 is 0 Å². The van der Waals surface area contributed by atoms with E-state index >= 15 is 0 Å². The molecule has 0 aromatic heterocycles. The van der Waals surface area contributed by atoms with Gasteiger partial charge in [0.15, 0.2) is 0 Å². The van der Waals surface area contributed by atoms with Crippen molar-refractivity contribution in [3.05, 3.63) is 29.3 Å². The molecule has 0 saturated carbocycles. The molecule has 0 aliphatic carbocycles. The fourth-order valence-electron chi connectivity index (χ4n) is 1.09. The lowest BCUT2D eigenvalue weighted by atomic mass is 9.94. The molecular weight excluding hydrogens is 178 g/mol. The Labute approximate surface area is 75.1 Å². The second-order valence-corrected chi connectivity index (χ2v) is 2.76. The molecule has 1 rings (SSSR count). The van der Waals surface area contributed by atoms with Gasteiger partial charge in [-0.15, -0.1) is 0 Å². The molecular formula is C8H9BF3N. The average Bonchev–Trinajstić information content (AvgIpc) is 2.03. The summed E-state index contributed by atoms with van der Waals surface area (Å²) in [7, 11) is 1.77. The lowest BCUT2D eigenvalue weighted by Crippen LogP contribution is -2.06. The number of hydrogen-bond donors (Lipinski definition) is 1. The van der Waals surface area contributed by atoms with Crippen molar-refractivity contribution in [2.75, 3.05) is 5.73 Å². The van der Waals surface area contributed by atoms with Gasteiger partial charge in [-0.2, -0.15) is 13.2 Å². The third kappa shape index (κ3) is 2.17. The van der Waals surface area contributed by atoms with Crippen molar-refractivity contribution in [3.63, 3.8) is 0 Å². The van der Waals surface area contributed by atoms with Crippen molar-refractivity contribution in [2.45, 2.75) is 12.5 Å². The zero-order chi connectivity index (χ0) is 10.1. The van der Waals surface area contributed by atoms with Gasteiger partial charge in [-0.3, -0.25) is 0 Å². The molecule has 13 heavy (non-hydrogen) atoms. The Morgan fingerprint density at radius 3 is 2.38 bits per heavy atom. The topological polar surface area (TPSA) is 26.0 Å². The summed E-state index contributed by atoms with van der Waals surface area (Å²) in [6.07, 6.45) is -3.77. The van der Waals surface area contributed by atoms with Gasteiger partial charge in [-0.25, -0.2) is 0 Å². The molecule has 0 unspecified atom stereocenters. The molecule has 1 aromatic rings. The second-order valence-electron chi connectivity index (χ2n) is 2.76. The average molecular weight is 187 g/mol. The number of rotatable bonds is 1. The highest BCUT2D eigenvalue weighted by atomic mass is 19.4. The Kier molecular flexibility index (Phi) is 2.54. The minimum Gasteiger partial charge on any atom is -0.399 e. The number of hydrogen-bond acceptors (Lipinski definition) is 1. The first-order chi connectivity index (χ1) is 5.95. The van der Waals surface area contributed by atoms with Crippen LogP contribution in [0, 0.1) is 0 Å². The van der Waals surface area contributed by atoms with E-state index in [1.54, 1.807) is 7.85 Å². The summed E-state index contributed by atoms with van der Waals surface area (Å²) in [6, 6.07) is 3.38. The number of anilines is 1. The van der Waals surface area contributed by atoms with Crippen LogP contribution in [-0.4, -0.2) is 7.85 Å². The standard InChI is InChI=1S/C8H9BF3N/c9-4-5-3-6(8(10,11)12)1-2-7(5)13/h1-3H,4,9,13H2. The highest BCUT2D eigenvalue weighted by Crippen LogP contribution is 2.30. The minimum absolute atomic E-state index is 0.413. The van der Waals surface area contributed by atoms with Gasteiger partial charge in [0.05, 0.1) is 5.56 Å². The molecule has 0 radical (unpaired) electrons. The summed E-state index contributed by atoms with van der Waals surface area (Å²) in [5.74, 6) is 0. The molecule has 5 heteroatoms. The smallest absolute Gasteiger partial charge is 0.399 e. The Bertz CT molecular complexity index is 309. The van der Waals surface area contributed by atoms with E-state index in [0.717, 1.165) is 12.1 Å². The maximum atomic E-state index is 12.2. The van der Waals surface area contributed by atoms with Crippen molar-refractivity contribution in [1.29, 1.82) is 0 Å². The van der Waals surface area contributed by atoms with Crippen LogP contribution in [0.15, 0.2) is 18.2 Å². The third-order valence-corrected chi connectivity index (χ3v) is 1.85. The number of halogens is 3. The molecule has 0 spiro atoms. The number of alkyl halides is 3. The monoisotopic (exact) mass is 187 g/mol. The molecule has 0 aliphatic heterocycles. The van der Waals surface area contributed by atoms with Gasteiger partial charge in [-0.05, 0) is 23.8 Å². The fourth-order valence-corrected chi connectivity index (χ4v) is 1.09. The van der Waals surface area contributed by atoms with Crippen LogP contribution in [0.3, 0.4) is 0 Å². The number of nitrogen functional groups attached to an aromatic ring is 1. The summed E-state index contributed by atoms with van der Waals surface area (Å²) >= 11 is 0. The van der Waals surface area contributed by atoms with Crippen LogP contribution in [-0.2, 0) is 12.5 Å². The zero-order valence-electron chi connectivity index (χ0n) is 7.15. The number of benzene rings is 1. The van der Waals surface area contributed by atoms with Crippen LogP contribution in [0.2, 0.25) is 0 Å². The quantitative estimate of drug-likeness (QED) is 0.522. The first-order valence-electron chi connectivity index (χ1n) is 3.90. The van der Waals surface area contributed by atoms with Gasteiger partial charge in [0.2, 0.25) is 0 Å². The lowest BCUT2D eigenvalue weighted by Gasteiger charge is -2.09. The maximum Gasteiger partial charge on any atom is 0.416 e. The number of nitrogens with two attached hydrogens (primary N) is 1. The molecule has 0 aliphatic rings. The SMILES string of the molecule is BCc1cc(C(F)(F)F)ccc1N. The Morgan fingerprint density at radius 1 is 1.31 bits per heavy atom. The predicted octanol–water partition coefficient (Wildman–Crippen LogP) is 1.42. The highest BCUT2D eigenvalue weighted by Gasteiger charge is 2.30. The fraction of sp³-hybridized carbons (Fsp3) is 0.250. The van der Waals surface area contributed by atoms with Crippen molar-refractivity contribution in [1.82, 2.24) is 0 Å². The molecule has 70 valence electrons. The molecule has 1 aromatic carbocycles. The summed E-state index contributed by atoms with van der Waals surface area (Å²) in [4.78, 5) is 0. The second kappa shape index (κ2) is 3.32. The van der Waals surface area contributed by atoms with E-state index in [9.17, 15) is 13.2 Å². The molecule has 2 N–H and O–H groups in total. The Morgan fingerprint density at radius 2 is 1.92 bits per heavy atom. The predicted molar refractivity (Wildman–Crippen MR) is 48.1 cm³/mol. The van der Waals surface area contributed by atoms with Gasteiger partial charge < -0.3 is 5.73 Å². The highest BCUT2D eigenvalue weighted by molar-refractivity contribution is 6.08. The molecule has 0 saturated heterocycles. The van der Waals surface area contributed by atoms with Crippen LogP contribution in [0.1, 0.15) is 11.1 Å². The van der Waals surface area contributed by atoms with E-state index < -0.39 is 11.7 Å². The molecule has 0 fully saturated rings. The molecule has 0 amide bonds. The van der Waals surface area contributed by atoms with Crippen LogP contribution in [0.4, 0.5) is 18.9 Å². The molecule has 1 nitrogen and oxygen atoms in total. The van der Waals surface area contributed by atoms with E-state index in [1.807, 2.05) is 0 Å². The van der Waals surface area contributed by atoms with Crippen LogP contribution in [0.25, 0.3) is 0 Å². The Hall–Kier alpha value is -1.13. The summed E-state index contributed by atoms with van der Waals surface area (Å²) < 4.78 is 36.6. The van der Waals surface area contributed by atoms with E-state index in [1.165, 1.54) is 6.07 Å². The zero-order valence-corrected chi connectivity index (χ0v) is 7.15. The lowest BCUT2D eigenvalue weighted by molar-refractivity contribution is -0.137. The first kappa shape index (κ1) is 9.96. The normalized spacial score (nSPS) is 11.6. The van der Waals surface area contributed by atoms with Gasteiger partial charge in [0.1, 0.15) is 7.85 Å². The third-order valence-electron chi connectivity index (χ3n) is 1.85. The van der Waals surface area contributed by atoms with Gasteiger partial charge >= 0.3 is 6.18 Å². The van der Waals surface area contributed by atoms with Crippen molar-refractivity contribution >= 4 is 13.5 Å². The largest absolute Gasteiger partial charge is 0.416 e. The van der Waals surface area contributed by atoms with Crippen molar-refractivity contribution in [3.8, 4) is 0 Å². The van der Waals surface area contributed by atoms with Crippen LogP contribution in [0.5, 0.6) is 0 Å². The van der Waals surface area contributed by atoms with Gasteiger partial charge in [0, 0.05) is 5.69 Å². The van der Waals surface area contributed by atoms with E-state index in [2.05, 4.69) is 0 Å². The van der Waals surface area contributed by atoms with Gasteiger partial charge in [0.25, 0.3) is 0 Å². The molecule has 0 atom stereocenters. The maximum absolute atomic E-state index is 12.2. The van der Waals surface area contributed by atoms with Crippen molar-refractivity contribution < 1.29 is 13.2 Å². The van der Waals surface area contributed by atoms with E-state index in [-0.39, 0.29) is 0 Å². The minimum atomic E-state index is -4.28. The Balaban J connectivity index is 3.14. The van der Waals surface area contributed by atoms with Gasteiger partial charge in [-0.1, -0.05) is 6.32 Å². The molecule has 0 bridgehead atoms. The summed E-state index contributed by atoms with van der Waals surface area (Å²) in [5.41, 5.74) is 5.79.